The van der Waals surface area contributed by atoms with E-state index in [9.17, 15) is 9.50 Å². The molecule has 0 saturated carbocycles. The van der Waals surface area contributed by atoms with Gasteiger partial charge in [0, 0.05) is 55.2 Å². The monoisotopic (exact) mass is 528 g/mol. The number of rotatable bonds is 8. The van der Waals surface area contributed by atoms with E-state index in [1.807, 2.05) is 24.4 Å². The van der Waals surface area contributed by atoms with Crippen LogP contribution in [0.2, 0.25) is 0 Å². The molecule has 39 heavy (non-hydrogen) atoms. The molecule has 4 aromatic heterocycles. The molecule has 10 heteroatoms. The number of aromatic nitrogens is 4. The van der Waals surface area contributed by atoms with Gasteiger partial charge in [-0.05, 0) is 49.2 Å². The van der Waals surface area contributed by atoms with E-state index in [2.05, 4.69) is 31.9 Å². The van der Waals surface area contributed by atoms with Crippen LogP contribution in [0.15, 0.2) is 55.1 Å². The molecule has 2 bridgehead atoms. The highest BCUT2D eigenvalue weighted by Crippen LogP contribution is 2.36. The summed E-state index contributed by atoms with van der Waals surface area (Å²) in [6.45, 7) is 3.88. The molecule has 3 saturated heterocycles. The minimum atomic E-state index is -1.37. The summed E-state index contributed by atoms with van der Waals surface area (Å²) >= 11 is 0. The number of fused-ring (bicyclic) bond motifs is 3. The number of hydrogen-bond donors (Lipinski definition) is 1. The van der Waals surface area contributed by atoms with Crippen LogP contribution in [0.4, 0.5) is 10.2 Å². The molecule has 9 nitrogen and oxygen atoms in total. The van der Waals surface area contributed by atoms with Crippen LogP contribution >= 0.6 is 0 Å². The van der Waals surface area contributed by atoms with Crippen LogP contribution in [0.3, 0.4) is 0 Å². The first-order valence-electron chi connectivity index (χ1n) is 12.8. The summed E-state index contributed by atoms with van der Waals surface area (Å²) in [5.74, 6) is 3.38. The van der Waals surface area contributed by atoms with Gasteiger partial charge in [-0.2, -0.15) is 5.10 Å². The van der Waals surface area contributed by atoms with Crippen LogP contribution in [0.5, 0.6) is 11.6 Å². The predicted octanol–water partition coefficient (Wildman–Crippen LogP) is 3.17. The van der Waals surface area contributed by atoms with Gasteiger partial charge < -0.3 is 19.5 Å². The average molecular weight is 529 g/mol. The second kappa shape index (κ2) is 9.84. The molecule has 0 radical (unpaired) electrons. The van der Waals surface area contributed by atoms with Crippen molar-refractivity contribution in [3.05, 3.63) is 66.5 Å². The Morgan fingerprint density at radius 1 is 1.18 bits per heavy atom. The fourth-order valence-electron chi connectivity index (χ4n) is 5.36. The number of methoxy groups -OCH3 is 1. The van der Waals surface area contributed by atoms with Crippen LogP contribution in [0, 0.1) is 18.2 Å². The summed E-state index contributed by atoms with van der Waals surface area (Å²) in [6.07, 6.45) is 13.5. The highest BCUT2D eigenvalue weighted by molar-refractivity contribution is 5.81. The van der Waals surface area contributed by atoms with Gasteiger partial charge in [0.15, 0.2) is 11.4 Å². The van der Waals surface area contributed by atoms with Crippen LogP contribution in [-0.2, 0) is 6.54 Å². The normalized spacial score (nSPS) is 20.2. The first-order chi connectivity index (χ1) is 18.8. The summed E-state index contributed by atoms with van der Waals surface area (Å²) in [7, 11) is 1.42. The largest absolute Gasteiger partial charge is 0.488 e. The van der Waals surface area contributed by atoms with Crippen LogP contribution in [0.1, 0.15) is 18.9 Å². The Labute approximate surface area is 225 Å². The molecule has 7 heterocycles. The number of ether oxygens (including phenoxy) is 2. The van der Waals surface area contributed by atoms with Crippen LogP contribution < -0.4 is 14.4 Å². The van der Waals surface area contributed by atoms with E-state index >= 15 is 0 Å². The molecule has 7 rings (SSSR count). The van der Waals surface area contributed by atoms with Crippen molar-refractivity contribution in [3.8, 4) is 35.1 Å². The van der Waals surface area contributed by atoms with Crippen molar-refractivity contribution in [1.29, 1.82) is 0 Å². The molecule has 4 aromatic rings. The minimum Gasteiger partial charge on any atom is -0.488 e. The first kappa shape index (κ1) is 25.1. The molecule has 0 aromatic carbocycles. The number of piperidine rings is 1. The molecule has 0 aliphatic carbocycles. The maximum atomic E-state index is 14.1. The summed E-state index contributed by atoms with van der Waals surface area (Å²) in [5.41, 5.74) is 2.24. The molecule has 3 aliphatic rings. The molecule has 3 aliphatic heterocycles. The molecule has 0 spiro atoms. The van der Waals surface area contributed by atoms with E-state index in [-0.39, 0.29) is 12.5 Å². The molecule has 0 amide bonds. The molecule has 3 atom stereocenters. The number of halogens is 1. The van der Waals surface area contributed by atoms with Crippen molar-refractivity contribution in [2.75, 3.05) is 31.7 Å². The topological polar surface area (TPSA) is 88.2 Å². The third-order valence-corrected chi connectivity index (χ3v) is 7.46. The minimum absolute atomic E-state index is 0.0218. The van der Waals surface area contributed by atoms with Gasteiger partial charge in [-0.1, -0.05) is 5.92 Å². The van der Waals surface area contributed by atoms with Gasteiger partial charge in [-0.15, -0.1) is 6.42 Å². The molecular formula is C29H29FN6O3. The van der Waals surface area contributed by atoms with Gasteiger partial charge in [0.25, 0.3) is 0 Å². The quantitative estimate of drug-likeness (QED) is 0.349. The lowest BCUT2D eigenvalue weighted by Crippen LogP contribution is -2.68. The number of anilines is 1. The van der Waals surface area contributed by atoms with Gasteiger partial charge in [-0.25, -0.2) is 18.9 Å². The van der Waals surface area contributed by atoms with Crippen molar-refractivity contribution in [2.24, 2.45) is 0 Å². The van der Waals surface area contributed by atoms with Crippen molar-refractivity contribution in [2.45, 2.75) is 37.6 Å². The van der Waals surface area contributed by atoms with Gasteiger partial charge in [0.1, 0.15) is 18.2 Å². The van der Waals surface area contributed by atoms with E-state index in [4.69, 9.17) is 20.9 Å². The van der Waals surface area contributed by atoms with Crippen molar-refractivity contribution >= 4 is 11.3 Å². The van der Waals surface area contributed by atoms with Crippen molar-refractivity contribution in [3.63, 3.8) is 0 Å². The van der Waals surface area contributed by atoms with Crippen LogP contribution in [-0.4, -0.2) is 74.1 Å². The second-order valence-electron chi connectivity index (χ2n) is 10.3. The summed E-state index contributed by atoms with van der Waals surface area (Å²) in [6, 6.07) is 10.2. The summed E-state index contributed by atoms with van der Waals surface area (Å²) in [4.78, 5) is 13.6. The van der Waals surface area contributed by atoms with Gasteiger partial charge in [0.2, 0.25) is 5.88 Å². The Hall–Kier alpha value is -4.20. The fraction of sp³-hybridized carbons (Fsp3) is 0.345. The van der Waals surface area contributed by atoms with E-state index in [0.29, 0.717) is 24.4 Å². The maximum Gasteiger partial charge on any atom is 0.250 e. The number of piperazine rings is 1. The van der Waals surface area contributed by atoms with Gasteiger partial charge in [-0.3, -0.25) is 4.90 Å². The smallest absolute Gasteiger partial charge is 0.250 e. The lowest BCUT2D eigenvalue weighted by atomic mass is 9.87. The van der Waals surface area contributed by atoms with E-state index in [1.54, 1.807) is 23.1 Å². The lowest BCUT2D eigenvalue weighted by Gasteiger charge is -2.56. The zero-order valence-corrected chi connectivity index (χ0v) is 21.8. The molecule has 3 fully saturated rings. The predicted molar refractivity (Wildman–Crippen MR) is 144 cm³/mol. The zero-order valence-electron chi connectivity index (χ0n) is 21.8. The highest BCUT2D eigenvalue weighted by atomic mass is 19.1. The first-order valence-corrected chi connectivity index (χ1v) is 12.8. The fourth-order valence-corrected chi connectivity index (χ4v) is 5.36. The highest BCUT2D eigenvalue weighted by Gasteiger charge is 2.44. The van der Waals surface area contributed by atoms with Gasteiger partial charge in [0.05, 0.1) is 25.0 Å². The molecular weight excluding hydrogens is 499 g/mol. The van der Waals surface area contributed by atoms with Gasteiger partial charge >= 0.3 is 0 Å². The maximum absolute atomic E-state index is 14.1. The summed E-state index contributed by atoms with van der Waals surface area (Å²) in [5, 5.41) is 14.5. The van der Waals surface area contributed by atoms with Crippen LogP contribution in [0.25, 0.3) is 16.6 Å². The molecule has 1 N–H and O–H groups in total. The Kier molecular flexibility index (Phi) is 6.33. The van der Waals surface area contributed by atoms with E-state index < -0.39 is 11.4 Å². The number of nitrogens with zero attached hydrogens (tertiary/aromatic N) is 6. The van der Waals surface area contributed by atoms with Crippen molar-refractivity contribution < 1.29 is 19.0 Å². The summed E-state index contributed by atoms with van der Waals surface area (Å²) < 4.78 is 26.5. The SMILES string of the molecule is C#C[C@](C)(O)COc1cc(-c2ccc(N3CC4CC(C3)N4Cc3cnc(OC)c(F)c3)nc2)c2ccnn2c1. The molecule has 2 unspecified atom stereocenters. The average Bonchev–Trinajstić information content (AvgIpc) is 3.43. The standard InChI is InChI=1S/C29H29FN6O3/c1-4-29(2,37)18-39-23-11-24(26-7-8-33-36(26)17-23)20-5-6-27(31-13-20)34-15-21-10-22(16-34)35(21)14-19-9-25(30)28(38-3)32-12-19/h1,5-9,11-13,17,21-22,37H,10,14-16,18H2,2-3H3/t21?,22?,29-/m0/s1. The zero-order chi connectivity index (χ0) is 27.1. The van der Waals surface area contributed by atoms with Crippen molar-refractivity contribution in [1.82, 2.24) is 24.5 Å². The number of aliphatic hydroxyl groups is 1. The molecule has 200 valence electrons. The number of hydrogen-bond acceptors (Lipinski definition) is 8. The Morgan fingerprint density at radius 2 is 2.00 bits per heavy atom. The van der Waals surface area contributed by atoms with E-state index in [0.717, 1.165) is 47.5 Å². The third-order valence-electron chi connectivity index (χ3n) is 7.46. The Bertz CT molecular complexity index is 1540. The number of pyridine rings is 3. The second-order valence-corrected chi connectivity index (χ2v) is 10.3. The van der Waals surface area contributed by atoms with E-state index in [1.165, 1.54) is 20.1 Å². The third kappa shape index (κ3) is 4.87. The Morgan fingerprint density at radius 3 is 2.69 bits per heavy atom. The number of terminal acetylenes is 1. The lowest BCUT2D eigenvalue weighted by molar-refractivity contribution is -0.00884. The Balaban J connectivity index is 1.15.